The molecule has 2 aromatic rings. The first kappa shape index (κ1) is 14.6. The van der Waals surface area contributed by atoms with Gasteiger partial charge in [0.15, 0.2) is 5.82 Å². The van der Waals surface area contributed by atoms with Gasteiger partial charge in [-0.3, -0.25) is 0 Å². The highest BCUT2D eigenvalue weighted by Gasteiger charge is 2.11. The molecule has 0 saturated heterocycles. The summed E-state index contributed by atoms with van der Waals surface area (Å²) in [5.74, 6) is -0.288. The maximum atomic E-state index is 13.5. The first-order chi connectivity index (χ1) is 9.33. The third kappa shape index (κ3) is 4.09. The lowest BCUT2D eigenvalue weighted by Gasteiger charge is -2.19. The van der Waals surface area contributed by atoms with Crippen LogP contribution in [-0.4, -0.2) is 20.3 Å². The summed E-state index contributed by atoms with van der Waals surface area (Å²) >= 11 is 0. The first-order valence-electron chi connectivity index (χ1n) is 6.41. The van der Waals surface area contributed by atoms with Gasteiger partial charge < -0.3 is 5.32 Å². The second-order valence-corrected chi connectivity index (χ2v) is 5.70. The van der Waals surface area contributed by atoms with E-state index in [2.05, 4.69) is 15.4 Å². The Hall–Kier alpha value is -1.82. The van der Waals surface area contributed by atoms with Crippen LogP contribution in [0.2, 0.25) is 0 Å². The second kappa shape index (κ2) is 5.66. The fourth-order valence-corrected chi connectivity index (χ4v) is 1.67. The summed E-state index contributed by atoms with van der Waals surface area (Å²) in [5.41, 5.74) is 0.227. The lowest BCUT2D eigenvalue weighted by molar-refractivity contribution is 0.416. The van der Waals surface area contributed by atoms with Crippen LogP contribution in [0.1, 0.15) is 32.2 Å². The highest BCUT2D eigenvalue weighted by molar-refractivity contribution is 5.18. The zero-order valence-corrected chi connectivity index (χ0v) is 11.8. The van der Waals surface area contributed by atoms with E-state index in [-0.39, 0.29) is 17.6 Å². The van der Waals surface area contributed by atoms with Crippen LogP contribution in [-0.2, 0) is 13.1 Å². The minimum absolute atomic E-state index is 0.0277. The van der Waals surface area contributed by atoms with E-state index in [1.54, 1.807) is 0 Å². The summed E-state index contributed by atoms with van der Waals surface area (Å²) in [6.45, 7) is 6.83. The van der Waals surface area contributed by atoms with Gasteiger partial charge >= 0.3 is 0 Å². The number of hydrogen-bond acceptors (Lipinski definition) is 3. The van der Waals surface area contributed by atoms with E-state index in [0.717, 1.165) is 12.1 Å². The molecule has 0 spiro atoms. The molecule has 0 bridgehead atoms. The molecule has 0 amide bonds. The van der Waals surface area contributed by atoms with Gasteiger partial charge in [-0.2, -0.15) is 5.10 Å². The predicted octanol–water partition coefficient (Wildman–Crippen LogP) is 2.49. The van der Waals surface area contributed by atoms with Crippen LogP contribution < -0.4 is 5.32 Å². The molecule has 0 fully saturated rings. The molecule has 4 nitrogen and oxygen atoms in total. The number of rotatable bonds is 4. The average Bonchev–Trinajstić information content (AvgIpc) is 2.78. The maximum Gasteiger partial charge on any atom is 0.164 e. The van der Waals surface area contributed by atoms with Crippen LogP contribution in [0.4, 0.5) is 8.78 Å². The molecule has 0 aliphatic carbocycles. The molecular weight excluding hydrogens is 262 g/mol. The molecule has 0 atom stereocenters. The van der Waals surface area contributed by atoms with E-state index in [1.807, 2.05) is 20.8 Å². The molecule has 0 aliphatic rings. The van der Waals surface area contributed by atoms with Gasteiger partial charge in [-0.15, -0.1) is 0 Å². The highest BCUT2D eigenvalue weighted by atomic mass is 19.1. The van der Waals surface area contributed by atoms with E-state index >= 15 is 0 Å². The molecule has 20 heavy (non-hydrogen) atoms. The van der Waals surface area contributed by atoms with E-state index in [0.29, 0.717) is 12.4 Å². The summed E-state index contributed by atoms with van der Waals surface area (Å²) in [6.07, 6.45) is 1.52. The fraction of sp³-hybridized carbons (Fsp3) is 0.429. The summed E-state index contributed by atoms with van der Waals surface area (Å²) in [6, 6.07) is 3.38. The van der Waals surface area contributed by atoms with Gasteiger partial charge in [0.2, 0.25) is 0 Å². The van der Waals surface area contributed by atoms with E-state index in [4.69, 9.17) is 0 Å². The van der Waals surface area contributed by atoms with Gasteiger partial charge in [0, 0.05) is 11.1 Å². The van der Waals surface area contributed by atoms with Gasteiger partial charge in [-0.1, -0.05) is 0 Å². The Balaban J connectivity index is 2.04. The van der Waals surface area contributed by atoms with Crippen LogP contribution in [0.3, 0.4) is 0 Å². The predicted molar refractivity (Wildman–Crippen MR) is 72.1 cm³/mol. The molecule has 108 valence electrons. The summed E-state index contributed by atoms with van der Waals surface area (Å²) < 4.78 is 28.1. The Bertz CT molecular complexity index is 587. The van der Waals surface area contributed by atoms with Gasteiger partial charge in [0.1, 0.15) is 18.0 Å². The minimum atomic E-state index is -0.462. The molecule has 1 aromatic carbocycles. The normalized spacial score (nSPS) is 11.8. The summed E-state index contributed by atoms with van der Waals surface area (Å²) in [4.78, 5) is 4.14. The summed E-state index contributed by atoms with van der Waals surface area (Å²) in [7, 11) is 0. The lowest BCUT2D eigenvalue weighted by Crippen LogP contribution is -2.35. The Morgan fingerprint density at radius 3 is 2.70 bits per heavy atom. The SMILES string of the molecule is CC(C)(C)NCc1ncn(Cc2cc(F)ccc2F)n1. The largest absolute Gasteiger partial charge is 0.305 e. The van der Waals surface area contributed by atoms with Crippen LogP contribution in [0.5, 0.6) is 0 Å². The number of benzene rings is 1. The molecule has 6 heteroatoms. The number of nitrogens with one attached hydrogen (secondary N) is 1. The first-order valence-corrected chi connectivity index (χ1v) is 6.41. The number of hydrogen-bond donors (Lipinski definition) is 1. The van der Waals surface area contributed by atoms with Crippen molar-refractivity contribution in [2.45, 2.75) is 39.4 Å². The van der Waals surface area contributed by atoms with Crippen molar-refractivity contribution >= 4 is 0 Å². The van der Waals surface area contributed by atoms with E-state index in [1.165, 1.54) is 17.1 Å². The van der Waals surface area contributed by atoms with Crippen molar-refractivity contribution in [1.82, 2.24) is 20.1 Å². The van der Waals surface area contributed by atoms with Crippen molar-refractivity contribution in [3.63, 3.8) is 0 Å². The lowest BCUT2D eigenvalue weighted by atomic mass is 10.1. The zero-order chi connectivity index (χ0) is 14.8. The second-order valence-electron chi connectivity index (χ2n) is 5.70. The monoisotopic (exact) mass is 280 g/mol. The van der Waals surface area contributed by atoms with Crippen LogP contribution in [0.15, 0.2) is 24.5 Å². The standard InChI is InChI=1S/C14H18F2N4/c1-14(2,3)18-7-13-17-9-20(19-13)8-10-6-11(15)4-5-12(10)16/h4-6,9,18H,7-8H2,1-3H3. The Morgan fingerprint density at radius 1 is 1.25 bits per heavy atom. The molecule has 0 saturated carbocycles. The van der Waals surface area contributed by atoms with E-state index in [9.17, 15) is 8.78 Å². The van der Waals surface area contributed by atoms with E-state index < -0.39 is 11.6 Å². The number of nitrogens with zero attached hydrogens (tertiary/aromatic N) is 3. The van der Waals surface area contributed by atoms with Crippen molar-refractivity contribution in [3.8, 4) is 0 Å². The van der Waals surface area contributed by atoms with Crippen LogP contribution in [0.25, 0.3) is 0 Å². The van der Waals surface area contributed by atoms with Gasteiger partial charge in [0.25, 0.3) is 0 Å². The van der Waals surface area contributed by atoms with Crippen molar-refractivity contribution in [1.29, 1.82) is 0 Å². The molecule has 1 heterocycles. The van der Waals surface area contributed by atoms with Crippen molar-refractivity contribution in [2.24, 2.45) is 0 Å². The molecular formula is C14H18F2N4. The highest BCUT2D eigenvalue weighted by Crippen LogP contribution is 2.11. The van der Waals surface area contributed by atoms with Gasteiger partial charge in [-0.25, -0.2) is 18.4 Å². The third-order valence-corrected chi connectivity index (χ3v) is 2.70. The molecule has 1 N–H and O–H groups in total. The van der Waals surface area contributed by atoms with Crippen molar-refractivity contribution in [2.75, 3.05) is 0 Å². The zero-order valence-electron chi connectivity index (χ0n) is 11.8. The summed E-state index contributed by atoms with van der Waals surface area (Å²) in [5, 5.41) is 7.50. The van der Waals surface area contributed by atoms with Crippen molar-refractivity contribution < 1.29 is 8.78 Å². The Labute approximate surface area is 116 Å². The molecule has 0 radical (unpaired) electrons. The Kier molecular flexibility index (Phi) is 4.13. The van der Waals surface area contributed by atoms with Crippen molar-refractivity contribution in [3.05, 3.63) is 47.5 Å². The molecule has 2 rings (SSSR count). The molecule has 0 unspecified atom stereocenters. The Morgan fingerprint density at radius 2 is 2.00 bits per heavy atom. The maximum absolute atomic E-state index is 13.5. The smallest absolute Gasteiger partial charge is 0.164 e. The third-order valence-electron chi connectivity index (χ3n) is 2.70. The number of halogens is 2. The number of aromatic nitrogens is 3. The van der Waals surface area contributed by atoms with Crippen LogP contribution in [0, 0.1) is 11.6 Å². The van der Waals surface area contributed by atoms with Gasteiger partial charge in [0.05, 0.1) is 13.1 Å². The minimum Gasteiger partial charge on any atom is -0.305 e. The molecule has 0 aliphatic heterocycles. The topological polar surface area (TPSA) is 42.7 Å². The molecule has 1 aromatic heterocycles. The van der Waals surface area contributed by atoms with Gasteiger partial charge in [-0.05, 0) is 39.0 Å². The average molecular weight is 280 g/mol. The van der Waals surface area contributed by atoms with Crippen LogP contribution >= 0.6 is 0 Å². The fourth-order valence-electron chi connectivity index (χ4n) is 1.67. The quantitative estimate of drug-likeness (QED) is 0.935.